The Morgan fingerprint density at radius 2 is 2.25 bits per heavy atom. The fourth-order valence-corrected chi connectivity index (χ4v) is 2.14. The highest BCUT2D eigenvalue weighted by molar-refractivity contribution is 14.1. The molecule has 1 aromatic carbocycles. The number of carboxylic acid groups (broad SMARTS) is 1. The Bertz CT molecular complexity index is 524. The maximum atomic E-state index is 13.5. The first kappa shape index (κ1) is 16.6. The van der Waals surface area contributed by atoms with Crippen molar-refractivity contribution in [3.63, 3.8) is 0 Å². The molecule has 2 N–H and O–H groups in total. The van der Waals surface area contributed by atoms with Gasteiger partial charge in [-0.2, -0.15) is 0 Å². The SMILES string of the molecule is CCC(CNc1cc(F)c(I)cc1[N+](=O)[O-])CC(=O)O. The number of carboxylic acids is 1. The number of hydrogen-bond donors (Lipinski definition) is 2. The van der Waals surface area contributed by atoms with Crippen molar-refractivity contribution in [1.82, 2.24) is 0 Å². The van der Waals surface area contributed by atoms with Gasteiger partial charge in [0.2, 0.25) is 0 Å². The largest absolute Gasteiger partial charge is 0.481 e. The number of nitro benzene ring substituents is 1. The van der Waals surface area contributed by atoms with E-state index in [0.29, 0.717) is 6.42 Å². The van der Waals surface area contributed by atoms with Crippen LogP contribution in [0.1, 0.15) is 19.8 Å². The van der Waals surface area contributed by atoms with E-state index in [1.807, 2.05) is 6.92 Å². The number of benzene rings is 1. The Kier molecular flexibility index (Phi) is 6.11. The molecule has 0 radical (unpaired) electrons. The van der Waals surface area contributed by atoms with Crippen molar-refractivity contribution in [2.75, 3.05) is 11.9 Å². The molecule has 110 valence electrons. The van der Waals surface area contributed by atoms with Crippen LogP contribution in [0.25, 0.3) is 0 Å². The first-order valence-corrected chi connectivity index (χ1v) is 7.02. The maximum absolute atomic E-state index is 13.5. The summed E-state index contributed by atoms with van der Waals surface area (Å²) in [5.41, 5.74) is -0.155. The molecule has 1 unspecified atom stereocenters. The van der Waals surface area contributed by atoms with Gasteiger partial charge in [0.25, 0.3) is 5.69 Å². The summed E-state index contributed by atoms with van der Waals surface area (Å²) in [6.45, 7) is 2.07. The van der Waals surface area contributed by atoms with Gasteiger partial charge in [-0.15, -0.1) is 0 Å². The fourth-order valence-electron chi connectivity index (χ4n) is 1.69. The zero-order valence-electron chi connectivity index (χ0n) is 10.7. The van der Waals surface area contributed by atoms with E-state index < -0.39 is 16.7 Å². The minimum Gasteiger partial charge on any atom is -0.481 e. The van der Waals surface area contributed by atoms with Gasteiger partial charge in [0, 0.05) is 25.1 Å². The molecule has 0 fully saturated rings. The molecule has 0 heterocycles. The Labute approximate surface area is 128 Å². The second-order valence-electron chi connectivity index (χ2n) is 4.29. The van der Waals surface area contributed by atoms with Crippen LogP contribution >= 0.6 is 22.6 Å². The average Bonchev–Trinajstić information content (AvgIpc) is 2.37. The summed E-state index contributed by atoms with van der Waals surface area (Å²) in [7, 11) is 0. The molecule has 1 rings (SSSR count). The zero-order chi connectivity index (χ0) is 15.3. The molecule has 0 spiro atoms. The molecule has 0 bridgehead atoms. The topological polar surface area (TPSA) is 92.5 Å². The van der Waals surface area contributed by atoms with Gasteiger partial charge in [-0.05, 0) is 28.5 Å². The Morgan fingerprint density at radius 3 is 2.75 bits per heavy atom. The van der Waals surface area contributed by atoms with Crippen LogP contribution in [0.2, 0.25) is 0 Å². The third-order valence-electron chi connectivity index (χ3n) is 2.86. The van der Waals surface area contributed by atoms with Crippen LogP contribution in [0.4, 0.5) is 15.8 Å². The quantitative estimate of drug-likeness (QED) is 0.420. The molecular formula is C12H14FIN2O4. The summed E-state index contributed by atoms with van der Waals surface area (Å²) in [6, 6.07) is 2.21. The summed E-state index contributed by atoms with van der Waals surface area (Å²) in [4.78, 5) is 21.0. The lowest BCUT2D eigenvalue weighted by molar-refractivity contribution is -0.384. The predicted molar refractivity (Wildman–Crippen MR) is 80.3 cm³/mol. The van der Waals surface area contributed by atoms with E-state index in [4.69, 9.17) is 5.11 Å². The number of aliphatic carboxylic acids is 1. The van der Waals surface area contributed by atoms with Crippen molar-refractivity contribution >= 4 is 39.9 Å². The van der Waals surface area contributed by atoms with Gasteiger partial charge in [0.15, 0.2) is 0 Å². The molecule has 1 atom stereocenters. The number of halogens is 2. The van der Waals surface area contributed by atoms with Crippen molar-refractivity contribution in [1.29, 1.82) is 0 Å². The van der Waals surface area contributed by atoms with Crippen molar-refractivity contribution in [2.45, 2.75) is 19.8 Å². The smallest absolute Gasteiger partial charge is 0.303 e. The molecule has 0 aliphatic carbocycles. The Balaban J connectivity index is 2.88. The lowest BCUT2D eigenvalue weighted by atomic mass is 10.0. The van der Waals surface area contributed by atoms with Crippen molar-refractivity contribution in [3.05, 3.63) is 31.6 Å². The van der Waals surface area contributed by atoms with Gasteiger partial charge in [0.1, 0.15) is 11.5 Å². The lowest BCUT2D eigenvalue weighted by Gasteiger charge is -2.14. The molecule has 1 aromatic rings. The number of nitrogens with zero attached hydrogens (tertiary/aromatic N) is 1. The molecule has 6 nitrogen and oxygen atoms in total. The van der Waals surface area contributed by atoms with Gasteiger partial charge >= 0.3 is 5.97 Å². The van der Waals surface area contributed by atoms with Crippen molar-refractivity contribution < 1.29 is 19.2 Å². The maximum Gasteiger partial charge on any atom is 0.303 e. The van der Waals surface area contributed by atoms with Crippen molar-refractivity contribution in [3.8, 4) is 0 Å². The summed E-state index contributed by atoms with van der Waals surface area (Å²) in [6.07, 6.45) is 0.574. The van der Waals surface area contributed by atoms with Crippen LogP contribution in [-0.2, 0) is 4.79 Å². The van der Waals surface area contributed by atoms with Crippen LogP contribution in [0, 0.1) is 25.4 Å². The second kappa shape index (κ2) is 7.36. The standard InChI is InChI=1S/C12H14FIN2O4/c1-2-7(3-12(17)18)6-15-10-4-8(13)9(14)5-11(10)16(19)20/h4-5,7,15H,2-3,6H2,1H3,(H,17,18). The fraction of sp³-hybridized carbons (Fsp3) is 0.417. The van der Waals surface area contributed by atoms with E-state index in [9.17, 15) is 19.3 Å². The van der Waals surface area contributed by atoms with Crippen LogP contribution in [0.3, 0.4) is 0 Å². The van der Waals surface area contributed by atoms with E-state index in [-0.39, 0.29) is 33.8 Å². The number of hydrogen-bond acceptors (Lipinski definition) is 4. The molecule has 0 aliphatic heterocycles. The van der Waals surface area contributed by atoms with Crippen LogP contribution < -0.4 is 5.32 Å². The molecule has 0 saturated heterocycles. The minimum absolute atomic E-state index is 0.0376. The summed E-state index contributed by atoms with van der Waals surface area (Å²) < 4.78 is 13.6. The summed E-state index contributed by atoms with van der Waals surface area (Å²) in [5, 5.41) is 22.4. The van der Waals surface area contributed by atoms with E-state index in [2.05, 4.69) is 5.32 Å². The Hall–Kier alpha value is -1.45. The third kappa shape index (κ3) is 4.58. The van der Waals surface area contributed by atoms with Gasteiger partial charge in [-0.1, -0.05) is 13.3 Å². The van der Waals surface area contributed by atoms with Crippen LogP contribution in [0.5, 0.6) is 0 Å². The zero-order valence-corrected chi connectivity index (χ0v) is 12.9. The van der Waals surface area contributed by atoms with Gasteiger partial charge in [-0.3, -0.25) is 14.9 Å². The minimum atomic E-state index is -0.929. The van der Waals surface area contributed by atoms with Gasteiger partial charge < -0.3 is 10.4 Å². The molecule has 8 heteroatoms. The highest BCUT2D eigenvalue weighted by Crippen LogP contribution is 2.29. The molecular weight excluding hydrogens is 382 g/mol. The molecule has 0 amide bonds. The molecule has 20 heavy (non-hydrogen) atoms. The number of nitro groups is 1. The number of anilines is 1. The average molecular weight is 396 g/mol. The number of nitrogens with one attached hydrogen (secondary N) is 1. The summed E-state index contributed by atoms with van der Waals surface area (Å²) >= 11 is 1.68. The van der Waals surface area contributed by atoms with E-state index in [1.165, 1.54) is 0 Å². The first-order chi connectivity index (χ1) is 9.35. The number of rotatable bonds is 7. The second-order valence-corrected chi connectivity index (χ2v) is 5.46. The van der Waals surface area contributed by atoms with Crippen LogP contribution in [0.15, 0.2) is 12.1 Å². The highest BCUT2D eigenvalue weighted by Gasteiger charge is 2.19. The normalized spacial score (nSPS) is 11.9. The van der Waals surface area contributed by atoms with E-state index in [0.717, 1.165) is 12.1 Å². The van der Waals surface area contributed by atoms with Gasteiger partial charge in [-0.25, -0.2) is 4.39 Å². The molecule has 0 saturated carbocycles. The van der Waals surface area contributed by atoms with Crippen LogP contribution in [-0.4, -0.2) is 22.5 Å². The predicted octanol–water partition coefficient (Wildman–Crippen LogP) is 3.25. The third-order valence-corrected chi connectivity index (χ3v) is 3.68. The van der Waals surface area contributed by atoms with Gasteiger partial charge in [0.05, 0.1) is 8.49 Å². The lowest BCUT2D eigenvalue weighted by Crippen LogP contribution is -2.18. The molecule has 0 aliphatic rings. The summed E-state index contributed by atoms with van der Waals surface area (Å²) in [5.74, 6) is -1.65. The molecule has 0 aromatic heterocycles. The van der Waals surface area contributed by atoms with E-state index >= 15 is 0 Å². The Morgan fingerprint density at radius 1 is 1.60 bits per heavy atom. The highest BCUT2D eigenvalue weighted by atomic mass is 127. The number of carbonyl (C=O) groups is 1. The van der Waals surface area contributed by atoms with E-state index in [1.54, 1.807) is 22.6 Å². The monoisotopic (exact) mass is 396 g/mol. The first-order valence-electron chi connectivity index (χ1n) is 5.94. The van der Waals surface area contributed by atoms with Crippen molar-refractivity contribution in [2.24, 2.45) is 5.92 Å².